The Morgan fingerprint density at radius 3 is 2.94 bits per heavy atom. The third-order valence-corrected chi connectivity index (χ3v) is 2.11. The number of aromatic nitrogens is 3. The van der Waals surface area contributed by atoms with Crippen molar-refractivity contribution in [2.45, 2.75) is 33.0 Å². The predicted octanol–water partition coefficient (Wildman–Crippen LogP) is 0.310. The smallest absolute Gasteiger partial charge is 0.121 e. The van der Waals surface area contributed by atoms with E-state index in [1.54, 1.807) is 19.3 Å². The summed E-state index contributed by atoms with van der Waals surface area (Å²) in [6.45, 7) is 4.14. The Kier molecular flexibility index (Phi) is 4.89. The highest BCUT2D eigenvalue weighted by Gasteiger charge is 2.09. The molecule has 1 unspecified atom stereocenters. The number of hydrazine groups is 1. The lowest BCUT2D eigenvalue weighted by atomic mass is 10.2. The zero-order valence-corrected chi connectivity index (χ0v) is 10.2. The standard InChI is InChI=1S/C10H19FN6/c1-8(12)5-16(13)4-3-10(11)7-17-6-9(2)14-15-17/h5-6,10H,3-4,7,12-13H2,1-2H3/b8-5-. The van der Waals surface area contributed by atoms with E-state index < -0.39 is 6.17 Å². The number of hydrogen-bond donors (Lipinski definition) is 2. The third kappa shape index (κ3) is 5.30. The molecule has 0 bridgehead atoms. The lowest BCUT2D eigenvalue weighted by molar-refractivity contribution is 0.237. The quantitative estimate of drug-likeness (QED) is 0.554. The Morgan fingerprint density at radius 2 is 2.41 bits per heavy atom. The molecule has 0 amide bonds. The Morgan fingerprint density at radius 1 is 1.71 bits per heavy atom. The molecule has 0 saturated carbocycles. The van der Waals surface area contributed by atoms with Crippen LogP contribution in [0.4, 0.5) is 4.39 Å². The first kappa shape index (κ1) is 13.4. The Hall–Kier alpha value is -1.63. The van der Waals surface area contributed by atoms with Crippen molar-refractivity contribution in [1.29, 1.82) is 0 Å². The zero-order valence-electron chi connectivity index (χ0n) is 10.2. The minimum Gasteiger partial charge on any atom is -0.401 e. The number of alkyl halides is 1. The van der Waals surface area contributed by atoms with E-state index in [4.69, 9.17) is 11.6 Å². The first-order chi connectivity index (χ1) is 7.97. The average Bonchev–Trinajstić information content (AvgIpc) is 2.60. The van der Waals surface area contributed by atoms with Crippen LogP contribution in [0, 0.1) is 6.92 Å². The second-order valence-electron chi connectivity index (χ2n) is 4.08. The highest BCUT2D eigenvalue weighted by Crippen LogP contribution is 2.03. The van der Waals surface area contributed by atoms with Crippen molar-refractivity contribution in [1.82, 2.24) is 20.0 Å². The van der Waals surface area contributed by atoms with E-state index in [1.165, 1.54) is 9.69 Å². The summed E-state index contributed by atoms with van der Waals surface area (Å²) in [5, 5.41) is 8.95. The van der Waals surface area contributed by atoms with Gasteiger partial charge < -0.3 is 10.7 Å². The summed E-state index contributed by atoms with van der Waals surface area (Å²) in [6, 6.07) is 0. The van der Waals surface area contributed by atoms with E-state index in [1.807, 2.05) is 6.92 Å². The molecule has 0 radical (unpaired) electrons. The Bertz CT molecular complexity index is 371. The maximum absolute atomic E-state index is 13.6. The monoisotopic (exact) mass is 242 g/mol. The maximum Gasteiger partial charge on any atom is 0.121 e. The molecular weight excluding hydrogens is 223 g/mol. The largest absolute Gasteiger partial charge is 0.401 e. The van der Waals surface area contributed by atoms with Crippen LogP contribution in [0.25, 0.3) is 0 Å². The second kappa shape index (κ2) is 6.19. The van der Waals surface area contributed by atoms with Crippen molar-refractivity contribution in [3.63, 3.8) is 0 Å². The molecule has 1 aromatic heterocycles. The van der Waals surface area contributed by atoms with Gasteiger partial charge in [0.25, 0.3) is 0 Å². The fourth-order valence-electron chi connectivity index (χ4n) is 1.39. The summed E-state index contributed by atoms with van der Waals surface area (Å²) in [6.07, 6.45) is 2.59. The van der Waals surface area contributed by atoms with Gasteiger partial charge in [0.05, 0.1) is 12.2 Å². The summed E-state index contributed by atoms with van der Waals surface area (Å²) in [4.78, 5) is 0. The fraction of sp³-hybridized carbons (Fsp3) is 0.600. The topological polar surface area (TPSA) is 86.0 Å². The summed E-state index contributed by atoms with van der Waals surface area (Å²) < 4.78 is 15.1. The van der Waals surface area contributed by atoms with Crippen LogP contribution < -0.4 is 11.6 Å². The molecule has 7 heteroatoms. The van der Waals surface area contributed by atoms with Crippen LogP contribution in [0.15, 0.2) is 18.1 Å². The lowest BCUT2D eigenvalue weighted by Crippen LogP contribution is -2.29. The van der Waals surface area contributed by atoms with Crippen molar-refractivity contribution in [2.75, 3.05) is 6.54 Å². The first-order valence-electron chi connectivity index (χ1n) is 5.43. The molecule has 17 heavy (non-hydrogen) atoms. The van der Waals surface area contributed by atoms with Crippen LogP contribution in [0.5, 0.6) is 0 Å². The van der Waals surface area contributed by atoms with Gasteiger partial charge in [0.15, 0.2) is 0 Å². The number of allylic oxidation sites excluding steroid dienone is 1. The molecule has 0 fully saturated rings. The molecule has 0 aliphatic carbocycles. The SMILES string of the molecule is C/C(N)=C/N(N)CCC(F)Cn1cc(C)nn1. The van der Waals surface area contributed by atoms with Gasteiger partial charge in [0.2, 0.25) is 0 Å². The molecule has 1 aromatic rings. The number of halogens is 1. The number of aryl methyl sites for hydroxylation is 1. The molecule has 0 spiro atoms. The van der Waals surface area contributed by atoms with Gasteiger partial charge in [-0.25, -0.2) is 14.9 Å². The van der Waals surface area contributed by atoms with E-state index in [0.29, 0.717) is 18.7 Å². The van der Waals surface area contributed by atoms with Gasteiger partial charge in [-0.3, -0.25) is 0 Å². The van der Waals surface area contributed by atoms with Crippen molar-refractivity contribution in [3.05, 3.63) is 23.8 Å². The van der Waals surface area contributed by atoms with Crippen LogP contribution in [0.2, 0.25) is 0 Å². The highest BCUT2D eigenvalue weighted by atomic mass is 19.1. The maximum atomic E-state index is 13.6. The van der Waals surface area contributed by atoms with Gasteiger partial charge in [0.1, 0.15) is 6.17 Å². The highest BCUT2D eigenvalue weighted by molar-refractivity contribution is 4.89. The number of nitrogens with two attached hydrogens (primary N) is 2. The minimum absolute atomic E-state index is 0.194. The lowest BCUT2D eigenvalue weighted by Gasteiger charge is -2.15. The number of rotatable bonds is 6. The van der Waals surface area contributed by atoms with Gasteiger partial charge in [-0.2, -0.15) is 0 Å². The zero-order chi connectivity index (χ0) is 12.8. The summed E-state index contributed by atoms with van der Waals surface area (Å²) in [7, 11) is 0. The Balaban J connectivity index is 2.30. The van der Waals surface area contributed by atoms with Crippen LogP contribution >= 0.6 is 0 Å². The predicted molar refractivity (Wildman–Crippen MR) is 63.1 cm³/mol. The van der Waals surface area contributed by atoms with Crippen LogP contribution in [0.3, 0.4) is 0 Å². The molecule has 0 aliphatic rings. The molecule has 0 aliphatic heterocycles. The molecule has 1 atom stereocenters. The molecule has 1 heterocycles. The molecule has 0 aromatic carbocycles. The third-order valence-electron chi connectivity index (χ3n) is 2.11. The van der Waals surface area contributed by atoms with Gasteiger partial charge in [0, 0.05) is 24.6 Å². The van der Waals surface area contributed by atoms with E-state index in [0.717, 1.165) is 5.69 Å². The van der Waals surface area contributed by atoms with Gasteiger partial charge in [-0.15, -0.1) is 5.10 Å². The van der Waals surface area contributed by atoms with Gasteiger partial charge >= 0.3 is 0 Å². The second-order valence-corrected chi connectivity index (χ2v) is 4.08. The van der Waals surface area contributed by atoms with Crippen LogP contribution in [0.1, 0.15) is 19.0 Å². The van der Waals surface area contributed by atoms with Gasteiger partial charge in [-0.1, -0.05) is 5.21 Å². The van der Waals surface area contributed by atoms with Crippen molar-refractivity contribution in [3.8, 4) is 0 Å². The number of hydrogen-bond acceptors (Lipinski definition) is 5. The van der Waals surface area contributed by atoms with Crippen LogP contribution in [-0.2, 0) is 6.54 Å². The first-order valence-corrected chi connectivity index (χ1v) is 5.43. The minimum atomic E-state index is -1.01. The summed E-state index contributed by atoms with van der Waals surface area (Å²) >= 11 is 0. The average molecular weight is 242 g/mol. The van der Waals surface area contributed by atoms with E-state index >= 15 is 0 Å². The molecule has 96 valence electrons. The molecular formula is C10H19FN6. The van der Waals surface area contributed by atoms with Crippen molar-refractivity contribution < 1.29 is 4.39 Å². The molecule has 0 saturated heterocycles. The van der Waals surface area contributed by atoms with E-state index in [2.05, 4.69) is 10.3 Å². The van der Waals surface area contributed by atoms with Gasteiger partial charge in [-0.05, 0) is 20.3 Å². The van der Waals surface area contributed by atoms with Crippen molar-refractivity contribution in [2.24, 2.45) is 11.6 Å². The molecule has 4 N–H and O–H groups in total. The Labute approximate surface area is 100 Å². The van der Waals surface area contributed by atoms with Crippen molar-refractivity contribution >= 4 is 0 Å². The van der Waals surface area contributed by atoms with E-state index in [-0.39, 0.29) is 6.54 Å². The fourth-order valence-corrected chi connectivity index (χ4v) is 1.39. The number of nitrogens with zero attached hydrogens (tertiary/aromatic N) is 4. The molecule has 6 nitrogen and oxygen atoms in total. The molecule has 1 rings (SSSR count). The van der Waals surface area contributed by atoms with Crippen LogP contribution in [-0.4, -0.2) is 32.7 Å². The summed E-state index contributed by atoms with van der Waals surface area (Å²) in [5.74, 6) is 5.60. The normalized spacial score (nSPS) is 13.8. The van der Waals surface area contributed by atoms with E-state index in [9.17, 15) is 4.39 Å². The summed E-state index contributed by atoms with van der Waals surface area (Å²) in [5.41, 5.74) is 6.82.